The zero-order chi connectivity index (χ0) is 17.7. The van der Waals surface area contributed by atoms with Gasteiger partial charge in [0.25, 0.3) is 5.91 Å². The number of hydrogen-bond acceptors (Lipinski definition) is 6. The lowest BCUT2D eigenvalue weighted by Gasteiger charge is -2.09. The number of carbonyl (C=O) groups is 1. The normalized spacial score (nSPS) is 11.2. The molecule has 24 heavy (non-hydrogen) atoms. The molecule has 0 saturated carbocycles. The molecule has 128 valence electrons. The third kappa shape index (κ3) is 5.24. The fourth-order valence-electron chi connectivity index (χ4n) is 1.49. The largest absolute Gasteiger partial charge is 0.468 e. The van der Waals surface area contributed by atoms with Crippen LogP contribution in [0.1, 0.15) is 10.5 Å². The highest BCUT2D eigenvalue weighted by Crippen LogP contribution is 2.20. The number of rotatable bonds is 5. The fourth-order valence-corrected chi connectivity index (χ4v) is 2.01. The molecule has 0 unspecified atom stereocenters. The lowest BCUT2D eigenvalue weighted by Crippen LogP contribution is -2.19. The summed E-state index contributed by atoms with van der Waals surface area (Å²) in [5.41, 5.74) is 0.230. The SMILES string of the molecule is CSc1ncc(Cl)c(C(=O)Nc2ccc(OCC(F)(F)F)nc2)n1. The van der Waals surface area contributed by atoms with Crippen molar-refractivity contribution in [2.45, 2.75) is 11.3 Å². The molecule has 2 aromatic heterocycles. The number of halogens is 4. The molecule has 1 N–H and O–H groups in total. The molecular formula is C13H10ClF3N4O2S. The number of anilines is 1. The summed E-state index contributed by atoms with van der Waals surface area (Å²) in [7, 11) is 0. The van der Waals surface area contributed by atoms with Gasteiger partial charge in [0, 0.05) is 6.07 Å². The van der Waals surface area contributed by atoms with Crippen molar-refractivity contribution in [3.63, 3.8) is 0 Å². The molecule has 1 amide bonds. The van der Waals surface area contributed by atoms with Crippen LogP contribution in [0.5, 0.6) is 5.88 Å². The van der Waals surface area contributed by atoms with E-state index in [9.17, 15) is 18.0 Å². The zero-order valence-electron chi connectivity index (χ0n) is 12.1. The van der Waals surface area contributed by atoms with E-state index >= 15 is 0 Å². The molecule has 0 bridgehead atoms. The molecule has 2 aromatic rings. The van der Waals surface area contributed by atoms with E-state index in [0.717, 1.165) is 6.20 Å². The Kier molecular flexibility index (Phi) is 5.84. The molecule has 0 saturated heterocycles. The van der Waals surface area contributed by atoms with Gasteiger partial charge < -0.3 is 10.1 Å². The van der Waals surface area contributed by atoms with Crippen LogP contribution in [0, 0.1) is 0 Å². The Balaban J connectivity index is 2.04. The van der Waals surface area contributed by atoms with Gasteiger partial charge in [0.15, 0.2) is 17.5 Å². The van der Waals surface area contributed by atoms with Crippen LogP contribution in [0.3, 0.4) is 0 Å². The van der Waals surface area contributed by atoms with Crippen molar-refractivity contribution in [3.05, 3.63) is 35.2 Å². The molecule has 0 radical (unpaired) electrons. The number of nitrogens with one attached hydrogen (secondary N) is 1. The first-order valence-electron chi connectivity index (χ1n) is 6.32. The van der Waals surface area contributed by atoms with Gasteiger partial charge in [-0.15, -0.1) is 0 Å². The Morgan fingerprint density at radius 3 is 2.67 bits per heavy atom. The van der Waals surface area contributed by atoms with Crippen LogP contribution in [0.4, 0.5) is 18.9 Å². The fraction of sp³-hybridized carbons (Fsp3) is 0.231. The quantitative estimate of drug-likeness (QED) is 0.634. The topological polar surface area (TPSA) is 77.0 Å². The smallest absolute Gasteiger partial charge is 0.422 e. The highest BCUT2D eigenvalue weighted by Gasteiger charge is 2.28. The zero-order valence-corrected chi connectivity index (χ0v) is 13.7. The highest BCUT2D eigenvalue weighted by molar-refractivity contribution is 7.98. The third-order valence-corrected chi connectivity index (χ3v) is 3.34. The van der Waals surface area contributed by atoms with Crippen molar-refractivity contribution in [1.29, 1.82) is 0 Å². The van der Waals surface area contributed by atoms with Gasteiger partial charge in [-0.3, -0.25) is 4.79 Å². The van der Waals surface area contributed by atoms with Crippen LogP contribution in [0.2, 0.25) is 5.02 Å². The third-order valence-electron chi connectivity index (χ3n) is 2.50. The average molecular weight is 379 g/mol. The number of nitrogens with zero attached hydrogens (tertiary/aromatic N) is 3. The van der Waals surface area contributed by atoms with Gasteiger partial charge in [0.05, 0.1) is 23.1 Å². The van der Waals surface area contributed by atoms with Crippen LogP contribution < -0.4 is 10.1 Å². The molecule has 0 fully saturated rings. The first kappa shape index (κ1) is 18.3. The molecule has 6 nitrogen and oxygen atoms in total. The summed E-state index contributed by atoms with van der Waals surface area (Å²) in [4.78, 5) is 23.7. The molecule has 0 spiro atoms. The Labute approximate surface area is 143 Å². The summed E-state index contributed by atoms with van der Waals surface area (Å²) in [5.74, 6) is -0.807. The first-order chi connectivity index (χ1) is 11.3. The van der Waals surface area contributed by atoms with Crippen LogP contribution in [0.25, 0.3) is 0 Å². The van der Waals surface area contributed by atoms with Crippen LogP contribution in [-0.4, -0.2) is 39.9 Å². The average Bonchev–Trinajstić information content (AvgIpc) is 2.54. The maximum absolute atomic E-state index is 12.1. The molecule has 11 heteroatoms. The molecule has 2 heterocycles. The summed E-state index contributed by atoms with van der Waals surface area (Å²) in [5, 5.41) is 2.93. The van der Waals surface area contributed by atoms with Gasteiger partial charge in [-0.25, -0.2) is 15.0 Å². The Hall–Kier alpha value is -2.07. The number of amides is 1. The minimum Gasteiger partial charge on any atom is -0.468 e. The van der Waals surface area contributed by atoms with E-state index in [0.29, 0.717) is 5.16 Å². The molecular weight excluding hydrogens is 369 g/mol. The molecule has 0 aliphatic carbocycles. The van der Waals surface area contributed by atoms with Crippen LogP contribution >= 0.6 is 23.4 Å². The van der Waals surface area contributed by atoms with Crippen molar-refractivity contribution in [1.82, 2.24) is 15.0 Å². The van der Waals surface area contributed by atoms with Gasteiger partial charge in [-0.2, -0.15) is 13.2 Å². The van der Waals surface area contributed by atoms with E-state index in [2.05, 4.69) is 25.0 Å². The lowest BCUT2D eigenvalue weighted by atomic mass is 10.3. The molecule has 0 aliphatic heterocycles. The Bertz CT molecular complexity index is 728. The summed E-state index contributed by atoms with van der Waals surface area (Å²) >= 11 is 7.13. The minimum absolute atomic E-state index is 0.0200. The van der Waals surface area contributed by atoms with Crippen molar-refractivity contribution >= 4 is 35.0 Å². The number of hydrogen-bond donors (Lipinski definition) is 1. The van der Waals surface area contributed by atoms with Crippen molar-refractivity contribution in [3.8, 4) is 5.88 Å². The number of alkyl halides is 3. The summed E-state index contributed by atoms with van der Waals surface area (Å²) in [6.45, 7) is -1.44. The second kappa shape index (κ2) is 7.67. The lowest BCUT2D eigenvalue weighted by molar-refractivity contribution is -0.154. The Morgan fingerprint density at radius 1 is 1.33 bits per heavy atom. The number of carbonyl (C=O) groups excluding carboxylic acids is 1. The second-order valence-corrected chi connectivity index (χ2v) is 5.48. The molecule has 2 rings (SSSR count). The summed E-state index contributed by atoms with van der Waals surface area (Å²) < 4.78 is 40.6. The highest BCUT2D eigenvalue weighted by atomic mass is 35.5. The van der Waals surface area contributed by atoms with E-state index in [1.54, 1.807) is 6.26 Å². The molecule has 0 atom stereocenters. The van der Waals surface area contributed by atoms with Crippen molar-refractivity contribution in [2.24, 2.45) is 0 Å². The number of thioether (sulfide) groups is 1. The Morgan fingerprint density at radius 2 is 2.08 bits per heavy atom. The van der Waals surface area contributed by atoms with Gasteiger partial charge in [-0.1, -0.05) is 23.4 Å². The maximum atomic E-state index is 12.1. The standard InChI is InChI=1S/C13H10ClF3N4O2S/c1-24-12-19-5-8(14)10(21-12)11(22)20-7-2-3-9(18-4-7)23-6-13(15,16)17/h2-5H,6H2,1H3,(H,20,22). The number of pyridine rings is 1. The maximum Gasteiger partial charge on any atom is 0.422 e. The van der Waals surface area contributed by atoms with Crippen LogP contribution in [0.15, 0.2) is 29.7 Å². The van der Waals surface area contributed by atoms with E-state index < -0.39 is 18.7 Å². The van der Waals surface area contributed by atoms with Crippen LogP contribution in [-0.2, 0) is 0 Å². The van der Waals surface area contributed by atoms with E-state index in [1.165, 1.54) is 30.1 Å². The summed E-state index contributed by atoms with van der Waals surface area (Å²) in [6, 6.07) is 2.55. The van der Waals surface area contributed by atoms with Gasteiger partial charge in [0.2, 0.25) is 5.88 Å². The predicted molar refractivity (Wildman–Crippen MR) is 82.6 cm³/mol. The predicted octanol–water partition coefficient (Wildman–Crippen LogP) is 3.44. The number of aromatic nitrogens is 3. The first-order valence-corrected chi connectivity index (χ1v) is 7.92. The van der Waals surface area contributed by atoms with E-state index in [1.807, 2.05) is 0 Å². The van der Waals surface area contributed by atoms with Crippen molar-refractivity contribution < 1.29 is 22.7 Å². The second-order valence-electron chi connectivity index (χ2n) is 4.30. The van der Waals surface area contributed by atoms with E-state index in [4.69, 9.17) is 11.6 Å². The molecule has 0 aliphatic rings. The summed E-state index contributed by atoms with van der Waals surface area (Å²) in [6.07, 6.45) is -0.238. The minimum atomic E-state index is -4.45. The van der Waals surface area contributed by atoms with Gasteiger partial charge in [-0.05, 0) is 12.3 Å². The van der Waals surface area contributed by atoms with Gasteiger partial charge in [0.1, 0.15) is 0 Å². The van der Waals surface area contributed by atoms with E-state index in [-0.39, 0.29) is 22.3 Å². The van der Waals surface area contributed by atoms with Crippen molar-refractivity contribution in [2.75, 3.05) is 18.2 Å². The molecule has 0 aromatic carbocycles. The monoisotopic (exact) mass is 378 g/mol. The van der Waals surface area contributed by atoms with Gasteiger partial charge >= 0.3 is 6.18 Å². The number of ether oxygens (including phenoxy) is 1.